The molecule has 5 rings (SSSR count). The maximum absolute atomic E-state index is 13.1. The van der Waals surface area contributed by atoms with E-state index in [1.165, 1.54) is 36.4 Å². The standard InChI is InChI=1S/C23H13FN6O6S/c24-13-2-5-15(6-3-13)37(33,34)30-14-4-7-16-19(10-14)35-28-20(16)22(31)26-18-8-1-12(11-25)9-17(18)21-27-23(32)36-29-21/h1-10,30H,(H,26,31)(H,27,29,32). The molecule has 3 aromatic carbocycles. The molecule has 184 valence electrons. The molecule has 0 aliphatic heterocycles. The number of amides is 1. The van der Waals surface area contributed by atoms with Gasteiger partial charge >= 0.3 is 5.76 Å². The number of fused-ring (bicyclic) bond motifs is 1. The van der Waals surface area contributed by atoms with Crippen molar-refractivity contribution in [2.45, 2.75) is 4.90 Å². The second-order valence-electron chi connectivity index (χ2n) is 7.57. The van der Waals surface area contributed by atoms with Crippen LogP contribution in [0.15, 0.2) is 79.4 Å². The fraction of sp³-hybridized carbons (Fsp3) is 0. The number of anilines is 2. The first-order valence-electron chi connectivity index (χ1n) is 10.3. The van der Waals surface area contributed by atoms with Crippen LogP contribution in [0.25, 0.3) is 22.4 Å². The highest BCUT2D eigenvalue weighted by Crippen LogP contribution is 2.29. The first-order chi connectivity index (χ1) is 17.7. The fourth-order valence-corrected chi connectivity index (χ4v) is 4.49. The molecule has 12 nitrogen and oxygen atoms in total. The number of halogens is 1. The number of rotatable bonds is 6. The van der Waals surface area contributed by atoms with Gasteiger partial charge in [0.05, 0.1) is 33.3 Å². The summed E-state index contributed by atoms with van der Waals surface area (Å²) in [7, 11) is -4.00. The predicted octanol–water partition coefficient (Wildman–Crippen LogP) is 3.23. The number of aromatic nitrogens is 3. The summed E-state index contributed by atoms with van der Waals surface area (Å²) in [6.07, 6.45) is 0. The molecule has 0 saturated carbocycles. The Morgan fingerprint density at radius 3 is 2.51 bits per heavy atom. The van der Waals surface area contributed by atoms with Crippen molar-refractivity contribution < 1.29 is 26.6 Å². The van der Waals surface area contributed by atoms with Gasteiger partial charge in [-0.1, -0.05) is 10.3 Å². The molecular weight excluding hydrogens is 507 g/mol. The van der Waals surface area contributed by atoms with E-state index < -0.39 is 27.5 Å². The SMILES string of the molecule is N#Cc1ccc(NC(=O)c2noc3cc(NS(=O)(=O)c4ccc(F)cc4)ccc23)c(-c2noc(=O)[nH]2)c1. The lowest BCUT2D eigenvalue weighted by Gasteiger charge is -2.09. The number of H-pyrrole nitrogens is 1. The molecule has 0 unspecified atom stereocenters. The average molecular weight is 520 g/mol. The molecule has 0 aliphatic rings. The predicted molar refractivity (Wildman–Crippen MR) is 126 cm³/mol. The summed E-state index contributed by atoms with van der Waals surface area (Å²) < 4.78 is 50.3. The number of carbonyl (C=O) groups is 1. The minimum absolute atomic E-state index is 0.000455. The van der Waals surface area contributed by atoms with Crippen LogP contribution < -0.4 is 15.8 Å². The second-order valence-corrected chi connectivity index (χ2v) is 9.25. The first kappa shape index (κ1) is 23.5. The van der Waals surface area contributed by atoms with E-state index in [9.17, 15) is 27.7 Å². The van der Waals surface area contributed by atoms with E-state index >= 15 is 0 Å². The quantitative estimate of drug-likeness (QED) is 0.302. The highest BCUT2D eigenvalue weighted by Gasteiger charge is 2.21. The summed E-state index contributed by atoms with van der Waals surface area (Å²) >= 11 is 0. The number of sulfonamides is 1. The Kier molecular flexibility index (Phi) is 5.74. The molecule has 2 heterocycles. The molecule has 0 saturated heterocycles. The van der Waals surface area contributed by atoms with Gasteiger partial charge in [0.1, 0.15) is 5.82 Å². The monoisotopic (exact) mass is 520 g/mol. The van der Waals surface area contributed by atoms with E-state index in [0.717, 1.165) is 24.3 Å². The van der Waals surface area contributed by atoms with Crippen LogP contribution >= 0.6 is 0 Å². The highest BCUT2D eigenvalue weighted by molar-refractivity contribution is 7.92. The van der Waals surface area contributed by atoms with Crippen molar-refractivity contribution in [2.75, 3.05) is 10.0 Å². The lowest BCUT2D eigenvalue weighted by Crippen LogP contribution is -2.14. The van der Waals surface area contributed by atoms with Crippen molar-refractivity contribution in [1.29, 1.82) is 5.26 Å². The molecule has 14 heteroatoms. The number of nitrogens with zero attached hydrogens (tertiary/aromatic N) is 3. The van der Waals surface area contributed by atoms with Crippen LogP contribution in [0.1, 0.15) is 16.1 Å². The maximum atomic E-state index is 13.1. The Morgan fingerprint density at radius 1 is 1.03 bits per heavy atom. The summed E-state index contributed by atoms with van der Waals surface area (Å²) in [4.78, 5) is 26.6. The van der Waals surface area contributed by atoms with E-state index in [0.29, 0.717) is 0 Å². The Bertz CT molecular complexity index is 1870. The minimum atomic E-state index is -4.00. The number of nitrogens with one attached hydrogen (secondary N) is 3. The van der Waals surface area contributed by atoms with Crippen molar-refractivity contribution in [3.05, 3.63) is 88.3 Å². The second kappa shape index (κ2) is 9.06. The van der Waals surface area contributed by atoms with E-state index in [4.69, 9.17) is 4.52 Å². The van der Waals surface area contributed by atoms with E-state index in [1.807, 2.05) is 6.07 Å². The van der Waals surface area contributed by atoms with Crippen molar-refractivity contribution in [3.63, 3.8) is 0 Å². The van der Waals surface area contributed by atoms with Crippen LogP contribution in [0.2, 0.25) is 0 Å². The number of aromatic amines is 1. The Labute approximate surface area is 206 Å². The van der Waals surface area contributed by atoms with Crippen molar-refractivity contribution in [2.24, 2.45) is 0 Å². The van der Waals surface area contributed by atoms with Gasteiger partial charge in [-0.25, -0.2) is 17.6 Å². The molecular formula is C23H13FN6O6S. The molecule has 0 bridgehead atoms. The van der Waals surface area contributed by atoms with Crippen molar-refractivity contribution in [1.82, 2.24) is 15.3 Å². The minimum Gasteiger partial charge on any atom is -0.355 e. The van der Waals surface area contributed by atoms with Gasteiger partial charge in [-0.15, -0.1) is 0 Å². The van der Waals surface area contributed by atoms with Crippen LogP contribution in [0.4, 0.5) is 15.8 Å². The Hall–Kier alpha value is -5.29. The third-order valence-corrected chi connectivity index (χ3v) is 6.55. The van der Waals surface area contributed by atoms with Crippen LogP contribution in [0.5, 0.6) is 0 Å². The summed E-state index contributed by atoms with van der Waals surface area (Å²) in [5, 5.41) is 19.5. The van der Waals surface area contributed by atoms with Gasteiger partial charge in [-0.05, 0) is 54.6 Å². The molecule has 0 fully saturated rings. The van der Waals surface area contributed by atoms with Gasteiger partial charge in [-0.2, -0.15) is 5.26 Å². The number of hydrogen-bond donors (Lipinski definition) is 3. The van der Waals surface area contributed by atoms with Gasteiger partial charge in [0.25, 0.3) is 15.9 Å². The topological polar surface area (TPSA) is 184 Å². The van der Waals surface area contributed by atoms with E-state index in [-0.39, 0.29) is 49.9 Å². The molecule has 0 atom stereocenters. The molecule has 0 spiro atoms. The molecule has 37 heavy (non-hydrogen) atoms. The number of carbonyl (C=O) groups excluding carboxylic acids is 1. The highest BCUT2D eigenvalue weighted by atomic mass is 32.2. The summed E-state index contributed by atoms with van der Waals surface area (Å²) in [6, 6.07) is 14.8. The van der Waals surface area contributed by atoms with Crippen LogP contribution in [0, 0.1) is 17.1 Å². The van der Waals surface area contributed by atoms with Gasteiger partial charge in [0.15, 0.2) is 17.1 Å². The zero-order valence-corrected chi connectivity index (χ0v) is 19.2. The third kappa shape index (κ3) is 4.66. The van der Waals surface area contributed by atoms with E-state index in [2.05, 4.69) is 29.9 Å². The summed E-state index contributed by atoms with van der Waals surface area (Å²) in [5.41, 5.74) is 0.817. The van der Waals surface area contributed by atoms with Crippen LogP contribution in [-0.2, 0) is 10.0 Å². The first-order valence-corrected chi connectivity index (χ1v) is 11.8. The van der Waals surface area contributed by atoms with Gasteiger partial charge < -0.3 is 9.84 Å². The lowest BCUT2D eigenvalue weighted by atomic mass is 10.1. The van der Waals surface area contributed by atoms with E-state index in [1.54, 1.807) is 0 Å². The largest absolute Gasteiger partial charge is 0.439 e. The number of benzene rings is 3. The number of nitriles is 1. The number of hydrogen-bond acceptors (Lipinski definition) is 9. The summed E-state index contributed by atoms with van der Waals surface area (Å²) in [6.45, 7) is 0. The van der Waals surface area contributed by atoms with Crippen molar-refractivity contribution in [3.8, 4) is 17.5 Å². The van der Waals surface area contributed by atoms with Crippen LogP contribution in [-0.4, -0.2) is 29.6 Å². The maximum Gasteiger partial charge on any atom is 0.439 e. The van der Waals surface area contributed by atoms with Gasteiger partial charge in [0.2, 0.25) is 0 Å². The summed E-state index contributed by atoms with van der Waals surface area (Å²) in [5.74, 6) is -2.08. The zero-order chi connectivity index (χ0) is 26.2. The fourth-order valence-electron chi connectivity index (χ4n) is 3.44. The smallest absolute Gasteiger partial charge is 0.355 e. The molecule has 1 amide bonds. The molecule has 0 radical (unpaired) electrons. The molecule has 0 aliphatic carbocycles. The molecule has 5 aromatic rings. The average Bonchev–Trinajstić information content (AvgIpc) is 3.50. The lowest BCUT2D eigenvalue weighted by molar-refractivity contribution is 0.102. The van der Waals surface area contributed by atoms with Gasteiger partial charge in [-0.3, -0.25) is 19.0 Å². The normalized spacial score (nSPS) is 11.2. The van der Waals surface area contributed by atoms with Gasteiger partial charge in [0, 0.05) is 11.6 Å². The zero-order valence-electron chi connectivity index (χ0n) is 18.4. The Morgan fingerprint density at radius 2 is 1.81 bits per heavy atom. The van der Waals surface area contributed by atoms with Crippen LogP contribution in [0.3, 0.4) is 0 Å². The Balaban J connectivity index is 1.42. The molecule has 2 aromatic heterocycles. The third-order valence-electron chi connectivity index (χ3n) is 5.16. The molecule has 3 N–H and O–H groups in total. The van der Waals surface area contributed by atoms with Crippen molar-refractivity contribution >= 4 is 38.3 Å².